The zero-order chi connectivity index (χ0) is 17.0. The summed E-state index contributed by atoms with van der Waals surface area (Å²) in [7, 11) is -3.32. The third-order valence-corrected chi connectivity index (χ3v) is 5.28. The van der Waals surface area contributed by atoms with E-state index in [-0.39, 0.29) is 5.75 Å². The predicted octanol–water partition coefficient (Wildman–Crippen LogP) is 4.84. The van der Waals surface area contributed by atoms with Crippen LogP contribution in [-0.4, -0.2) is 20.4 Å². The summed E-state index contributed by atoms with van der Waals surface area (Å²) in [5.74, 6) is 0.139. The van der Waals surface area contributed by atoms with Crippen LogP contribution in [0.3, 0.4) is 0 Å². The molecule has 0 aromatic heterocycles. The molecule has 4 nitrogen and oxygen atoms in total. The Bertz CT molecular complexity index is 556. The molecule has 0 atom stereocenters. The molecule has 1 N–H and O–H groups in total. The molecule has 1 aromatic carbocycles. The van der Waals surface area contributed by atoms with Crippen molar-refractivity contribution in [1.29, 1.82) is 0 Å². The second-order valence-electron chi connectivity index (χ2n) is 5.69. The highest BCUT2D eigenvalue weighted by Crippen LogP contribution is 2.10. The van der Waals surface area contributed by atoms with E-state index in [0.717, 1.165) is 22.9 Å². The Labute approximate surface area is 148 Å². The van der Waals surface area contributed by atoms with Gasteiger partial charge in [0.2, 0.25) is 10.0 Å². The van der Waals surface area contributed by atoms with Gasteiger partial charge in [-0.1, -0.05) is 79.9 Å². The zero-order valence-electron chi connectivity index (χ0n) is 13.8. The highest BCUT2D eigenvalue weighted by Gasteiger charge is 2.07. The summed E-state index contributed by atoms with van der Waals surface area (Å²) in [4.78, 5) is 2.27. The van der Waals surface area contributed by atoms with Crippen molar-refractivity contribution >= 4 is 32.2 Å². The molecule has 0 heterocycles. The van der Waals surface area contributed by atoms with Gasteiger partial charge >= 0.3 is 0 Å². The second-order valence-corrected chi connectivity index (χ2v) is 8.43. The molecule has 0 saturated carbocycles. The highest BCUT2D eigenvalue weighted by molar-refractivity contribution is 9.10. The molecular formula is C17H27BrN2O2S. The molecule has 1 aromatic rings. The standard InChI is InChI=1S/C17H27BrN2O2S/c1-2-3-4-5-6-7-8-9-14-23(21,22)20-19-15-16-10-12-17(18)13-11-16/h10-13,15,20H,2-9,14H2,1H3/b19-15+. The monoisotopic (exact) mass is 402 g/mol. The lowest BCUT2D eigenvalue weighted by atomic mass is 10.1. The zero-order valence-corrected chi connectivity index (χ0v) is 16.2. The Morgan fingerprint density at radius 3 is 2.17 bits per heavy atom. The molecule has 0 saturated heterocycles. The number of unbranched alkanes of at least 4 members (excludes halogenated alkanes) is 7. The molecule has 0 unspecified atom stereocenters. The van der Waals surface area contributed by atoms with Gasteiger partial charge in [-0.05, 0) is 24.1 Å². The van der Waals surface area contributed by atoms with Gasteiger partial charge in [0.25, 0.3) is 0 Å². The SMILES string of the molecule is CCCCCCCCCCS(=O)(=O)N/N=C/c1ccc(Br)cc1. The summed E-state index contributed by atoms with van der Waals surface area (Å²) in [6, 6.07) is 7.49. The minimum absolute atomic E-state index is 0.139. The van der Waals surface area contributed by atoms with Gasteiger partial charge in [0.05, 0.1) is 12.0 Å². The van der Waals surface area contributed by atoms with E-state index < -0.39 is 10.0 Å². The molecule has 6 heteroatoms. The third-order valence-electron chi connectivity index (χ3n) is 3.54. The van der Waals surface area contributed by atoms with Crippen LogP contribution in [0.4, 0.5) is 0 Å². The largest absolute Gasteiger partial charge is 0.247 e. The number of halogens is 1. The average Bonchev–Trinajstić information content (AvgIpc) is 2.52. The molecular weight excluding hydrogens is 376 g/mol. The molecule has 1 rings (SSSR count). The van der Waals surface area contributed by atoms with Gasteiger partial charge < -0.3 is 0 Å². The predicted molar refractivity (Wildman–Crippen MR) is 101 cm³/mol. The number of benzene rings is 1. The van der Waals surface area contributed by atoms with Gasteiger partial charge in [0, 0.05) is 4.47 Å². The summed E-state index contributed by atoms with van der Waals surface area (Å²) in [6.07, 6.45) is 10.6. The first-order valence-electron chi connectivity index (χ1n) is 8.31. The van der Waals surface area contributed by atoms with Crippen LogP contribution in [0.1, 0.15) is 63.9 Å². The topological polar surface area (TPSA) is 58.5 Å². The van der Waals surface area contributed by atoms with Crippen LogP contribution in [0, 0.1) is 0 Å². The molecule has 0 amide bonds. The molecule has 0 spiro atoms. The quantitative estimate of drug-likeness (QED) is 0.308. The summed E-state index contributed by atoms with van der Waals surface area (Å²) >= 11 is 3.35. The van der Waals surface area contributed by atoms with Crippen LogP contribution in [0.2, 0.25) is 0 Å². The van der Waals surface area contributed by atoms with Crippen molar-refractivity contribution in [3.8, 4) is 0 Å². The van der Waals surface area contributed by atoms with E-state index >= 15 is 0 Å². The molecule has 23 heavy (non-hydrogen) atoms. The summed E-state index contributed by atoms with van der Waals surface area (Å²) in [5, 5.41) is 3.81. The summed E-state index contributed by atoms with van der Waals surface area (Å²) in [6.45, 7) is 2.21. The molecule has 0 radical (unpaired) electrons. The Hall–Kier alpha value is -0.880. The lowest BCUT2D eigenvalue weighted by molar-refractivity contribution is 0.566. The van der Waals surface area contributed by atoms with Gasteiger partial charge in [-0.3, -0.25) is 0 Å². The van der Waals surface area contributed by atoms with Crippen LogP contribution >= 0.6 is 15.9 Å². The number of hydrazone groups is 1. The number of sulfonamides is 1. The lowest BCUT2D eigenvalue weighted by Crippen LogP contribution is -2.21. The first kappa shape index (κ1) is 20.2. The van der Waals surface area contributed by atoms with Crippen molar-refractivity contribution < 1.29 is 8.42 Å². The molecule has 130 valence electrons. The van der Waals surface area contributed by atoms with Gasteiger partial charge in [-0.25, -0.2) is 13.2 Å². The average molecular weight is 403 g/mol. The van der Waals surface area contributed by atoms with Crippen LogP contribution in [-0.2, 0) is 10.0 Å². The Morgan fingerprint density at radius 1 is 1.00 bits per heavy atom. The maximum Gasteiger partial charge on any atom is 0.247 e. The maximum atomic E-state index is 11.8. The minimum atomic E-state index is -3.32. The number of hydrogen-bond donors (Lipinski definition) is 1. The highest BCUT2D eigenvalue weighted by atomic mass is 79.9. The van der Waals surface area contributed by atoms with Gasteiger partial charge in [-0.15, -0.1) is 0 Å². The third kappa shape index (κ3) is 10.5. The molecule has 0 aliphatic heterocycles. The molecule has 0 aliphatic rings. The van der Waals surface area contributed by atoms with Crippen LogP contribution in [0.5, 0.6) is 0 Å². The van der Waals surface area contributed by atoms with Gasteiger partial charge in [0.1, 0.15) is 0 Å². The van der Waals surface area contributed by atoms with E-state index in [1.165, 1.54) is 38.3 Å². The van der Waals surface area contributed by atoms with E-state index in [9.17, 15) is 8.42 Å². The van der Waals surface area contributed by atoms with E-state index in [4.69, 9.17) is 0 Å². The number of nitrogens with zero attached hydrogens (tertiary/aromatic N) is 1. The maximum absolute atomic E-state index is 11.8. The Balaban J connectivity index is 2.17. The summed E-state index contributed by atoms with van der Waals surface area (Å²) < 4.78 is 24.6. The van der Waals surface area contributed by atoms with Crippen molar-refractivity contribution in [2.45, 2.75) is 58.3 Å². The number of nitrogens with one attached hydrogen (secondary N) is 1. The lowest BCUT2D eigenvalue weighted by Gasteiger charge is -2.04. The number of rotatable bonds is 12. The van der Waals surface area contributed by atoms with Crippen LogP contribution < -0.4 is 4.83 Å². The molecule has 0 aliphatic carbocycles. The Morgan fingerprint density at radius 2 is 1.57 bits per heavy atom. The fourth-order valence-electron chi connectivity index (χ4n) is 2.20. The molecule has 0 fully saturated rings. The van der Waals surface area contributed by atoms with Crippen molar-refractivity contribution in [2.24, 2.45) is 5.10 Å². The fraction of sp³-hybridized carbons (Fsp3) is 0.588. The Kier molecular flexibility index (Phi) is 10.2. The summed E-state index contributed by atoms with van der Waals surface area (Å²) in [5.41, 5.74) is 0.850. The first-order valence-corrected chi connectivity index (χ1v) is 10.8. The van der Waals surface area contributed by atoms with E-state index in [0.29, 0.717) is 6.42 Å². The van der Waals surface area contributed by atoms with Crippen molar-refractivity contribution in [3.63, 3.8) is 0 Å². The van der Waals surface area contributed by atoms with Gasteiger partial charge in [-0.2, -0.15) is 5.10 Å². The van der Waals surface area contributed by atoms with E-state index in [1.54, 1.807) is 0 Å². The van der Waals surface area contributed by atoms with Crippen LogP contribution in [0.25, 0.3) is 0 Å². The van der Waals surface area contributed by atoms with Crippen molar-refractivity contribution in [2.75, 3.05) is 5.75 Å². The second kappa shape index (κ2) is 11.6. The van der Waals surface area contributed by atoms with Crippen molar-refractivity contribution in [3.05, 3.63) is 34.3 Å². The van der Waals surface area contributed by atoms with E-state index in [1.807, 2.05) is 24.3 Å². The first-order chi connectivity index (χ1) is 11.0. The minimum Gasteiger partial charge on any atom is -0.205 e. The fourth-order valence-corrected chi connectivity index (χ4v) is 3.35. The van der Waals surface area contributed by atoms with Gasteiger partial charge in [0.15, 0.2) is 0 Å². The van der Waals surface area contributed by atoms with Crippen LogP contribution in [0.15, 0.2) is 33.8 Å². The van der Waals surface area contributed by atoms with Crippen molar-refractivity contribution in [1.82, 2.24) is 4.83 Å². The smallest absolute Gasteiger partial charge is 0.205 e. The van der Waals surface area contributed by atoms with E-state index in [2.05, 4.69) is 32.8 Å². The molecule has 0 bridgehead atoms. The normalized spacial score (nSPS) is 11.9. The number of hydrogen-bond acceptors (Lipinski definition) is 3.